The van der Waals surface area contributed by atoms with Gasteiger partial charge in [-0.25, -0.2) is 0 Å². The van der Waals surface area contributed by atoms with Gasteiger partial charge >= 0.3 is 0 Å². The number of ether oxygens (including phenoxy) is 1. The van der Waals surface area contributed by atoms with Crippen LogP contribution in [0, 0.1) is 13.8 Å². The molecule has 1 aliphatic heterocycles. The lowest BCUT2D eigenvalue weighted by molar-refractivity contribution is -0.117. The summed E-state index contributed by atoms with van der Waals surface area (Å²) in [6.07, 6.45) is 0. The van der Waals surface area contributed by atoms with Crippen LogP contribution in [-0.4, -0.2) is 23.9 Å². The van der Waals surface area contributed by atoms with Gasteiger partial charge in [0.2, 0.25) is 5.78 Å². The molecule has 1 aromatic heterocycles. The summed E-state index contributed by atoms with van der Waals surface area (Å²) in [6.45, 7) is 3.89. The molecule has 1 amide bonds. The molecular formula is C24H21NO4S. The van der Waals surface area contributed by atoms with Crippen LogP contribution in [0.3, 0.4) is 0 Å². The van der Waals surface area contributed by atoms with Crippen molar-refractivity contribution in [3.05, 3.63) is 92.9 Å². The molecule has 0 radical (unpaired) electrons. The lowest BCUT2D eigenvalue weighted by Gasteiger charge is -2.28. The number of aryl methyl sites for hydroxylation is 2. The zero-order valence-electron chi connectivity index (χ0n) is 16.9. The molecule has 152 valence electrons. The van der Waals surface area contributed by atoms with Gasteiger partial charge in [-0.3, -0.25) is 14.5 Å². The highest BCUT2D eigenvalue weighted by molar-refractivity contribution is 7.12. The maximum atomic E-state index is 13.3. The Hall–Kier alpha value is -3.38. The van der Waals surface area contributed by atoms with Crippen LogP contribution in [0.5, 0.6) is 5.75 Å². The molecule has 6 heteroatoms. The number of carbonyl (C=O) groups excluding carboxylic acids is 2. The van der Waals surface area contributed by atoms with Gasteiger partial charge in [-0.2, -0.15) is 0 Å². The van der Waals surface area contributed by atoms with Crippen molar-refractivity contribution in [3.8, 4) is 5.75 Å². The van der Waals surface area contributed by atoms with Gasteiger partial charge in [0, 0.05) is 5.69 Å². The van der Waals surface area contributed by atoms with E-state index in [0.29, 0.717) is 21.9 Å². The Morgan fingerprint density at radius 1 is 1.10 bits per heavy atom. The number of amides is 1. The fourth-order valence-corrected chi connectivity index (χ4v) is 4.48. The standard InChI is InChI=1S/C24H21NO4S/c1-14-6-11-18(15(2)13-14)25-21(16-7-9-17(29-3)10-8-16)20(23(27)24(25)28)22(26)19-5-4-12-30-19/h4-13,21,27H,1-3H3. The largest absolute Gasteiger partial charge is 0.503 e. The summed E-state index contributed by atoms with van der Waals surface area (Å²) in [4.78, 5) is 28.4. The monoisotopic (exact) mass is 419 g/mol. The minimum absolute atomic E-state index is 0.0904. The molecular weight excluding hydrogens is 398 g/mol. The molecule has 3 aromatic rings. The molecule has 4 rings (SSSR count). The zero-order valence-corrected chi connectivity index (χ0v) is 17.7. The molecule has 0 aliphatic carbocycles. The summed E-state index contributed by atoms with van der Waals surface area (Å²) in [5.74, 6) is -0.763. The molecule has 2 heterocycles. The fourth-order valence-electron chi connectivity index (χ4n) is 3.80. The quantitative estimate of drug-likeness (QED) is 0.581. The Kier molecular flexibility index (Phi) is 5.18. The number of thiophene rings is 1. The molecule has 1 atom stereocenters. The highest BCUT2D eigenvalue weighted by Gasteiger charge is 2.45. The van der Waals surface area contributed by atoms with Crippen LogP contribution in [0.25, 0.3) is 0 Å². The number of aliphatic hydroxyl groups excluding tert-OH is 1. The topological polar surface area (TPSA) is 66.8 Å². The van der Waals surface area contributed by atoms with Crippen molar-refractivity contribution >= 4 is 28.7 Å². The maximum Gasteiger partial charge on any atom is 0.294 e. The molecule has 2 aromatic carbocycles. The molecule has 1 aliphatic rings. The average molecular weight is 420 g/mol. The summed E-state index contributed by atoms with van der Waals surface area (Å²) in [6, 6.07) is 15.7. The van der Waals surface area contributed by atoms with Crippen LogP contribution in [-0.2, 0) is 4.79 Å². The van der Waals surface area contributed by atoms with Crippen molar-refractivity contribution in [2.45, 2.75) is 19.9 Å². The maximum absolute atomic E-state index is 13.3. The Balaban J connectivity index is 1.89. The van der Waals surface area contributed by atoms with E-state index in [1.807, 2.05) is 44.2 Å². The fraction of sp³-hybridized carbons (Fsp3) is 0.167. The van der Waals surface area contributed by atoms with E-state index in [-0.39, 0.29) is 11.4 Å². The van der Waals surface area contributed by atoms with Gasteiger partial charge in [0.1, 0.15) is 5.75 Å². The van der Waals surface area contributed by atoms with Crippen LogP contribution >= 0.6 is 11.3 Å². The summed E-state index contributed by atoms with van der Waals surface area (Å²) < 4.78 is 5.24. The molecule has 1 N–H and O–H groups in total. The lowest BCUT2D eigenvalue weighted by atomic mass is 9.94. The number of benzene rings is 2. The molecule has 0 spiro atoms. The van der Waals surface area contributed by atoms with E-state index in [1.165, 1.54) is 16.2 Å². The number of carbonyl (C=O) groups is 2. The lowest BCUT2D eigenvalue weighted by Crippen LogP contribution is -2.31. The number of hydrogen-bond acceptors (Lipinski definition) is 5. The van der Waals surface area contributed by atoms with Crippen molar-refractivity contribution in [1.29, 1.82) is 0 Å². The van der Waals surface area contributed by atoms with Gasteiger partial charge in [-0.15, -0.1) is 11.3 Å². The van der Waals surface area contributed by atoms with Gasteiger partial charge < -0.3 is 9.84 Å². The van der Waals surface area contributed by atoms with E-state index in [0.717, 1.165) is 11.1 Å². The average Bonchev–Trinajstić information content (AvgIpc) is 3.36. The highest BCUT2D eigenvalue weighted by atomic mass is 32.1. The van der Waals surface area contributed by atoms with Crippen molar-refractivity contribution in [2.75, 3.05) is 12.0 Å². The first-order valence-corrected chi connectivity index (χ1v) is 10.4. The number of Topliss-reactive ketones (excluding diaryl/α,β-unsaturated/α-hetero) is 1. The minimum Gasteiger partial charge on any atom is -0.503 e. The van der Waals surface area contributed by atoms with Crippen molar-refractivity contribution < 1.29 is 19.4 Å². The molecule has 0 saturated carbocycles. The second kappa shape index (κ2) is 7.80. The van der Waals surface area contributed by atoms with Crippen LogP contribution in [0.1, 0.15) is 32.4 Å². The second-order valence-electron chi connectivity index (χ2n) is 7.21. The number of methoxy groups -OCH3 is 1. The number of hydrogen-bond donors (Lipinski definition) is 1. The third-order valence-electron chi connectivity index (χ3n) is 5.24. The van der Waals surface area contributed by atoms with Gasteiger partial charge in [-0.05, 0) is 54.6 Å². The number of rotatable bonds is 5. The number of aliphatic hydroxyl groups is 1. The summed E-state index contributed by atoms with van der Waals surface area (Å²) in [7, 11) is 1.58. The van der Waals surface area contributed by atoms with Crippen molar-refractivity contribution in [3.63, 3.8) is 0 Å². The zero-order chi connectivity index (χ0) is 21.4. The van der Waals surface area contributed by atoms with Gasteiger partial charge in [0.25, 0.3) is 5.91 Å². The van der Waals surface area contributed by atoms with Gasteiger partial charge in [0.05, 0.1) is 23.6 Å². The highest BCUT2D eigenvalue weighted by Crippen LogP contribution is 2.43. The van der Waals surface area contributed by atoms with Gasteiger partial charge in [-0.1, -0.05) is 35.9 Å². The van der Waals surface area contributed by atoms with E-state index in [2.05, 4.69) is 0 Å². The summed E-state index contributed by atoms with van der Waals surface area (Å²) in [5, 5.41) is 12.6. The first-order chi connectivity index (χ1) is 14.4. The summed E-state index contributed by atoms with van der Waals surface area (Å²) >= 11 is 1.28. The van der Waals surface area contributed by atoms with E-state index < -0.39 is 17.7 Å². The number of nitrogens with zero attached hydrogens (tertiary/aromatic N) is 1. The third kappa shape index (κ3) is 3.29. The van der Waals surface area contributed by atoms with E-state index >= 15 is 0 Å². The van der Waals surface area contributed by atoms with Gasteiger partial charge in [0.15, 0.2) is 5.76 Å². The van der Waals surface area contributed by atoms with E-state index in [9.17, 15) is 14.7 Å². The first-order valence-electron chi connectivity index (χ1n) is 9.48. The van der Waals surface area contributed by atoms with Crippen LogP contribution in [0.4, 0.5) is 5.69 Å². The molecule has 0 bridgehead atoms. The van der Waals surface area contributed by atoms with Crippen LogP contribution < -0.4 is 9.64 Å². The Bertz CT molecular complexity index is 1150. The van der Waals surface area contributed by atoms with Crippen molar-refractivity contribution in [2.24, 2.45) is 0 Å². The molecule has 5 nitrogen and oxygen atoms in total. The normalized spacial score (nSPS) is 16.3. The molecule has 0 fully saturated rings. The third-order valence-corrected chi connectivity index (χ3v) is 6.11. The summed E-state index contributed by atoms with van der Waals surface area (Å²) in [5.41, 5.74) is 3.42. The second-order valence-corrected chi connectivity index (χ2v) is 8.16. The molecule has 1 unspecified atom stereocenters. The smallest absolute Gasteiger partial charge is 0.294 e. The first kappa shape index (κ1) is 19.9. The SMILES string of the molecule is COc1ccc(C2C(C(=O)c3cccs3)=C(O)C(=O)N2c2ccc(C)cc2C)cc1. The molecule has 0 saturated heterocycles. The van der Waals surface area contributed by atoms with E-state index in [4.69, 9.17) is 4.74 Å². The Morgan fingerprint density at radius 3 is 2.43 bits per heavy atom. The van der Waals surface area contributed by atoms with Crippen LogP contribution in [0.2, 0.25) is 0 Å². The Morgan fingerprint density at radius 2 is 1.83 bits per heavy atom. The Labute approximate surface area is 178 Å². The predicted octanol–water partition coefficient (Wildman–Crippen LogP) is 5.16. The van der Waals surface area contributed by atoms with Crippen molar-refractivity contribution in [1.82, 2.24) is 0 Å². The minimum atomic E-state index is -0.737. The number of anilines is 1. The predicted molar refractivity (Wildman–Crippen MR) is 117 cm³/mol. The van der Waals surface area contributed by atoms with E-state index in [1.54, 1.807) is 36.8 Å². The molecule has 30 heavy (non-hydrogen) atoms. The number of ketones is 1. The van der Waals surface area contributed by atoms with Crippen LogP contribution in [0.15, 0.2) is 71.3 Å².